The van der Waals surface area contributed by atoms with Crippen molar-refractivity contribution in [1.82, 2.24) is 10.3 Å². The molecular formula is C26H24N4O7S. The van der Waals surface area contributed by atoms with Gasteiger partial charge < -0.3 is 24.5 Å². The van der Waals surface area contributed by atoms with Crippen molar-refractivity contribution >= 4 is 50.4 Å². The molecule has 0 spiro atoms. The third kappa shape index (κ3) is 6.34. The maximum absolute atomic E-state index is 12.7. The number of hydrogen-bond acceptors (Lipinski definition) is 9. The summed E-state index contributed by atoms with van der Waals surface area (Å²) in [6.45, 7) is 1.95. The minimum absolute atomic E-state index is 0.134. The molecule has 0 unspecified atom stereocenters. The SMILES string of the molecule is COC(=O)c1ccccc1NC(=O)Nc1sc2oc(CCNC(=O)OCc3ccccc3)nc(=O)c2c1C. The number of nitrogens with zero attached hydrogens (tertiary/aromatic N) is 1. The number of thiophene rings is 1. The normalized spacial score (nSPS) is 10.6. The van der Waals surface area contributed by atoms with Crippen molar-refractivity contribution in [3.63, 3.8) is 0 Å². The van der Waals surface area contributed by atoms with Gasteiger partial charge >= 0.3 is 18.1 Å². The van der Waals surface area contributed by atoms with E-state index in [2.05, 4.69) is 20.9 Å². The van der Waals surface area contributed by atoms with E-state index in [1.807, 2.05) is 30.3 Å². The highest BCUT2D eigenvalue weighted by Crippen LogP contribution is 2.33. The van der Waals surface area contributed by atoms with Crippen LogP contribution in [0, 0.1) is 6.92 Å². The minimum Gasteiger partial charge on any atom is -0.465 e. The minimum atomic E-state index is -0.616. The van der Waals surface area contributed by atoms with Crippen LogP contribution in [0.4, 0.5) is 20.3 Å². The van der Waals surface area contributed by atoms with Crippen LogP contribution in [0.3, 0.4) is 0 Å². The Morgan fingerprint density at radius 1 is 1.03 bits per heavy atom. The average molecular weight is 537 g/mol. The number of ether oxygens (including phenoxy) is 2. The summed E-state index contributed by atoms with van der Waals surface area (Å²) < 4.78 is 15.7. The Bertz CT molecular complexity index is 1530. The molecule has 0 atom stereocenters. The number of carbonyl (C=O) groups is 3. The van der Waals surface area contributed by atoms with Crippen LogP contribution in [-0.2, 0) is 22.5 Å². The van der Waals surface area contributed by atoms with Crippen LogP contribution in [0.5, 0.6) is 0 Å². The molecule has 0 saturated carbocycles. The van der Waals surface area contributed by atoms with Crippen molar-refractivity contribution in [3.05, 3.63) is 87.5 Å². The van der Waals surface area contributed by atoms with Gasteiger partial charge in [-0.3, -0.25) is 10.1 Å². The highest BCUT2D eigenvalue weighted by atomic mass is 32.1. The Hall–Kier alpha value is -4.71. The van der Waals surface area contributed by atoms with Crippen LogP contribution in [0.2, 0.25) is 0 Å². The molecule has 2 aromatic carbocycles. The summed E-state index contributed by atoms with van der Waals surface area (Å²) >= 11 is 1.07. The Labute approximate surface area is 220 Å². The number of para-hydroxylation sites is 1. The third-order valence-electron chi connectivity index (χ3n) is 5.39. The van der Waals surface area contributed by atoms with E-state index < -0.39 is 23.7 Å². The van der Waals surface area contributed by atoms with Crippen LogP contribution >= 0.6 is 11.3 Å². The van der Waals surface area contributed by atoms with Gasteiger partial charge in [-0.15, -0.1) is 0 Å². The molecule has 0 radical (unpaired) electrons. The first-order valence-electron chi connectivity index (χ1n) is 11.5. The second-order valence-corrected chi connectivity index (χ2v) is 8.97. The zero-order valence-corrected chi connectivity index (χ0v) is 21.3. The number of aryl methyl sites for hydroxylation is 1. The molecule has 0 bridgehead atoms. The van der Waals surface area contributed by atoms with E-state index in [0.29, 0.717) is 10.6 Å². The number of alkyl carbamates (subject to hydrolysis) is 1. The number of nitrogens with one attached hydrogen (secondary N) is 3. The van der Waals surface area contributed by atoms with Gasteiger partial charge in [0.15, 0.2) is 4.90 Å². The molecule has 0 aliphatic carbocycles. The fraction of sp³-hybridized carbons (Fsp3) is 0.192. The maximum atomic E-state index is 12.7. The van der Waals surface area contributed by atoms with Gasteiger partial charge in [-0.2, -0.15) is 4.98 Å². The first kappa shape index (κ1) is 26.4. The van der Waals surface area contributed by atoms with Gasteiger partial charge in [0.2, 0.25) is 5.89 Å². The standard InChI is InChI=1S/C26H24N4O7S/c1-15-20-21(31)29-19(12-13-27-26(34)36-14-16-8-4-3-5-9-16)37-24(20)38-22(15)30-25(33)28-18-11-7-6-10-17(18)23(32)35-2/h3-11H,12-14H2,1-2H3,(H,27,34)(H2,28,30,33). The number of amides is 3. The number of carbonyl (C=O) groups excluding carboxylic acids is 3. The number of anilines is 2. The number of esters is 1. The highest BCUT2D eigenvalue weighted by Gasteiger charge is 2.19. The molecule has 2 aromatic heterocycles. The van der Waals surface area contributed by atoms with Crippen LogP contribution in [-0.4, -0.2) is 36.7 Å². The first-order chi connectivity index (χ1) is 18.4. The van der Waals surface area contributed by atoms with Crippen LogP contribution in [0.1, 0.15) is 27.4 Å². The average Bonchev–Trinajstić information content (AvgIpc) is 3.22. The Morgan fingerprint density at radius 2 is 1.76 bits per heavy atom. The van der Waals surface area contributed by atoms with Gasteiger partial charge in [0.1, 0.15) is 17.0 Å². The van der Waals surface area contributed by atoms with Crippen LogP contribution in [0.25, 0.3) is 10.3 Å². The molecule has 196 valence electrons. The Balaban J connectivity index is 1.38. The van der Waals surface area contributed by atoms with Crippen molar-refractivity contribution in [2.45, 2.75) is 20.0 Å². The number of rotatable bonds is 8. The van der Waals surface area contributed by atoms with E-state index in [-0.39, 0.29) is 47.0 Å². The van der Waals surface area contributed by atoms with Gasteiger partial charge in [-0.05, 0) is 24.6 Å². The summed E-state index contributed by atoms with van der Waals surface area (Å²) in [4.78, 5) is 53.4. The second kappa shape index (κ2) is 12.0. The quantitative estimate of drug-likeness (QED) is 0.280. The molecule has 4 aromatic rings. The molecule has 0 aliphatic heterocycles. The lowest BCUT2D eigenvalue weighted by molar-refractivity contribution is 0.0602. The predicted molar refractivity (Wildman–Crippen MR) is 142 cm³/mol. The zero-order valence-electron chi connectivity index (χ0n) is 20.5. The summed E-state index contributed by atoms with van der Waals surface area (Å²) in [6.07, 6.45) is -0.439. The molecule has 3 amide bonds. The molecule has 38 heavy (non-hydrogen) atoms. The fourth-order valence-electron chi connectivity index (χ4n) is 3.51. The molecular weight excluding hydrogens is 512 g/mol. The van der Waals surface area contributed by atoms with Crippen molar-refractivity contribution in [2.24, 2.45) is 0 Å². The molecule has 12 heteroatoms. The number of fused-ring (bicyclic) bond motifs is 1. The molecule has 0 saturated heterocycles. The van der Waals surface area contributed by atoms with E-state index in [0.717, 1.165) is 16.9 Å². The Morgan fingerprint density at radius 3 is 2.53 bits per heavy atom. The molecule has 2 heterocycles. The Kier molecular flexibility index (Phi) is 8.34. The van der Waals surface area contributed by atoms with Crippen LogP contribution < -0.4 is 21.5 Å². The summed E-state index contributed by atoms with van der Waals surface area (Å²) in [6, 6.07) is 15.1. The summed E-state index contributed by atoms with van der Waals surface area (Å²) in [7, 11) is 1.25. The molecule has 4 rings (SSSR count). The van der Waals surface area contributed by atoms with Crippen molar-refractivity contribution < 1.29 is 28.3 Å². The topological polar surface area (TPSA) is 149 Å². The number of methoxy groups -OCH3 is 1. The predicted octanol–water partition coefficient (Wildman–Crippen LogP) is 4.46. The van der Waals surface area contributed by atoms with Gasteiger partial charge in [-0.25, -0.2) is 14.4 Å². The molecule has 0 fully saturated rings. The summed E-state index contributed by atoms with van der Waals surface area (Å²) in [5, 5.41) is 8.52. The lowest BCUT2D eigenvalue weighted by Gasteiger charge is -2.10. The van der Waals surface area contributed by atoms with E-state index in [1.165, 1.54) is 13.2 Å². The number of aromatic nitrogens is 1. The monoisotopic (exact) mass is 536 g/mol. The number of urea groups is 1. The lowest BCUT2D eigenvalue weighted by Crippen LogP contribution is -2.27. The third-order valence-corrected chi connectivity index (χ3v) is 6.48. The lowest BCUT2D eigenvalue weighted by atomic mass is 10.2. The zero-order chi connectivity index (χ0) is 27.1. The fourth-order valence-corrected chi connectivity index (χ4v) is 4.58. The smallest absolute Gasteiger partial charge is 0.407 e. The van der Waals surface area contributed by atoms with E-state index in [1.54, 1.807) is 25.1 Å². The molecule has 0 aliphatic rings. The van der Waals surface area contributed by atoms with Crippen molar-refractivity contribution in [3.8, 4) is 0 Å². The molecule has 3 N–H and O–H groups in total. The van der Waals surface area contributed by atoms with Gasteiger partial charge in [-0.1, -0.05) is 53.8 Å². The van der Waals surface area contributed by atoms with Gasteiger partial charge in [0.05, 0.1) is 18.4 Å². The first-order valence-corrected chi connectivity index (χ1v) is 12.3. The van der Waals surface area contributed by atoms with Crippen molar-refractivity contribution in [2.75, 3.05) is 24.3 Å². The summed E-state index contributed by atoms with van der Waals surface area (Å²) in [5.41, 5.74) is 1.31. The maximum Gasteiger partial charge on any atom is 0.407 e. The second-order valence-electron chi connectivity index (χ2n) is 7.99. The van der Waals surface area contributed by atoms with E-state index in [9.17, 15) is 19.2 Å². The van der Waals surface area contributed by atoms with Gasteiger partial charge in [0.25, 0.3) is 5.56 Å². The summed E-state index contributed by atoms with van der Waals surface area (Å²) in [5.74, 6) is -0.457. The van der Waals surface area contributed by atoms with E-state index >= 15 is 0 Å². The van der Waals surface area contributed by atoms with Crippen LogP contribution in [0.15, 0.2) is 63.8 Å². The number of hydrogen-bond donors (Lipinski definition) is 3. The number of benzene rings is 2. The van der Waals surface area contributed by atoms with Crippen molar-refractivity contribution in [1.29, 1.82) is 0 Å². The molecule has 11 nitrogen and oxygen atoms in total. The van der Waals surface area contributed by atoms with E-state index in [4.69, 9.17) is 13.9 Å². The highest BCUT2D eigenvalue weighted by molar-refractivity contribution is 7.22. The van der Waals surface area contributed by atoms with Gasteiger partial charge in [0, 0.05) is 18.5 Å². The largest absolute Gasteiger partial charge is 0.465 e.